The van der Waals surface area contributed by atoms with E-state index >= 15 is 0 Å². The Labute approximate surface area is 139 Å². The molecule has 3 rings (SSSR count). The Morgan fingerprint density at radius 3 is 2.65 bits per heavy atom. The molecular weight excluding hydrogens is 318 g/mol. The second kappa shape index (κ2) is 6.24. The third kappa shape index (κ3) is 3.06. The predicted molar refractivity (Wildman–Crippen MR) is 85.4 cm³/mol. The fourth-order valence-corrected chi connectivity index (χ4v) is 3.75. The summed E-state index contributed by atoms with van der Waals surface area (Å²) in [6, 6.07) is 3.60. The number of allylic oxidation sites excluding steroid dienone is 2. The van der Waals surface area contributed by atoms with Gasteiger partial charge >= 0.3 is 5.97 Å². The number of rotatable bonds is 5. The Bertz CT molecular complexity index is 673. The number of amides is 1. The number of carboxylic acids is 1. The first-order valence-corrected chi connectivity index (χ1v) is 7.92. The lowest BCUT2D eigenvalue weighted by molar-refractivity contribution is -0.142. The number of benzene rings is 1. The molecule has 4 atom stereocenters. The highest BCUT2D eigenvalue weighted by Crippen LogP contribution is 2.43. The number of hydrogen-bond acceptors (Lipinski definition) is 3. The molecule has 0 spiro atoms. The Kier molecular flexibility index (Phi) is 4.31. The maximum absolute atomic E-state index is 12.5. The van der Waals surface area contributed by atoms with Gasteiger partial charge in [-0.2, -0.15) is 0 Å². The average Bonchev–Trinajstić information content (AvgIpc) is 3.15. The summed E-state index contributed by atoms with van der Waals surface area (Å²) in [5.74, 6) is -0.312. The summed E-state index contributed by atoms with van der Waals surface area (Å²) in [6.07, 6.45) is 6.00. The van der Waals surface area contributed by atoms with Gasteiger partial charge in [-0.05, 0) is 42.4 Å². The highest BCUT2D eigenvalue weighted by Gasteiger charge is 2.40. The minimum absolute atomic E-state index is 0.138. The predicted octanol–water partition coefficient (Wildman–Crippen LogP) is 2.80. The lowest BCUT2D eigenvalue weighted by atomic mass is 9.92. The highest BCUT2D eigenvalue weighted by molar-refractivity contribution is 6.32. The number of carbonyl (C=O) groups is 2. The molecule has 2 aliphatic rings. The number of methoxy groups -OCH3 is 1. The molecule has 0 heterocycles. The Balaban J connectivity index is 1.77. The van der Waals surface area contributed by atoms with Gasteiger partial charge in [0.25, 0.3) is 0 Å². The van der Waals surface area contributed by atoms with Crippen LogP contribution >= 0.6 is 11.6 Å². The van der Waals surface area contributed by atoms with Crippen molar-refractivity contribution in [2.75, 3.05) is 7.11 Å². The molecule has 2 aliphatic carbocycles. The summed E-state index contributed by atoms with van der Waals surface area (Å²) in [7, 11) is 1.49. The number of carbonyl (C=O) groups excluding carboxylic acids is 1. The van der Waals surface area contributed by atoms with Crippen molar-refractivity contribution in [3.8, 4) is 5.75 Å². The van der Waals surface area contributed by atoms with Gasteiger partial charge in [0.05, 0.1) is 12.1 Å². The van der Waals surface area contributed by atoms with Crippen LogP contribution in [-0.4, -0.2) is 24.1 Å². The van der Waals surface area contributed by atoms with Gasteiger partial charge in [0.1, 0.15) is 5.75 Å². The van der Waals surface area contributed by atoms with Gasteiger partial charge in [0, 0.05) is 5.92 Å². The van der Waals surface area contributed by atoms with Crippen LogP contribution in [0.4, 0.5) is 0 Å². The second-order valence-electron chi connectivity index (χ2n) is 6.06. The van der Waals surface area contributed by atoms with E-state index in [9.17, 15) is 14.7 Å². The van der Waals surface area contributed by atoms with Crippen molar-refractivity contribution in [3.63, 3.8) is 0 Å². The van der Waals surface area contributed by atoms with Crippen LogP contribution < -0.4 is 10.1 Å². The summed E-state index contributed by atoms with van der Waals surface area (Å²) >= 11 is 6.05. The maximum Gasteiger partial charge on any atom is 0.330 e. The van der Waals surface area contributed by atoms with Gasteiger partial charge in [-0.1, -0.05) is 29.8 Å². The van der Waals surface area contributed by atoms with Gasteiger partial charge in [-0.25, -0.2) is 4.79 Å². The van der Waals surface area contributed by atoms with E-state index in [4.69, 9.17) is 16.3 Å². The quantitative estimate of drug-likeness (QED) is 0.811. The fraction of sp³-hybridized carbons (Fsp3) is 0.412. The normalized spacial score (nSPS) is 26.1. The Morgan fingerprint density at radius 1 is 1.35 bits per heavy atom. The summed E-state index contributed by atoms with van der Waals surface area (Å²) in [5.41, 5.74) is 0.426. The highest BCUT2D eigenvalue weighted by atomic mass is 35.5. The first kappa shape index (κ1) is 15.9. The zero-order chi connectivity index (χ0) is 16.6. The molecule has 1 aromatic rings. The second-order valence-corrected chi connectivity index (χ2v) is 6.47. The molecule has 0 aliphatic heterocycles. The van der Waals surface area contributed by atoms with Gasteiger partial charge in [-0.3, -0.25) is 4.79 Å². The van der Waals surface area contributed by atoms with E-state index in [1.54, 1.807) is 12.1 Å². The number of carboxylic acid groups (broad SMARTS) is 1. The zero-order valence-electron chi connectivity index (χ0n) is 12.7. The van der Waals surface area contributed by atoms with E-state index in [0.717, 1.165) is 12.8 Å². The van der Waals surface area contributed by atoms with E-state index in [1.807, 2.05) is 0 Å². The molecule has 6 heteroatoms. The largest absolute Gasteiger partial charge is 0.495 e. The smallest absolute Gasteiger partial charge is 0.330 e. The van der Waals surface area contributed by atoms with Crippen molar-refractivity contribution >= 4 is 23.5 Å². The summed E-state index contributed by atoms with van der Waals surface area (Å²) < 4.78 is 5.06. The molecule has 23 heavy (non-hydrogen) atoms. The van der Waals surface area contributed by atoms with Gasteiger partial charge in [-0.15, -0.1) is 0 Å². The molecule has 0 aromatic heterocycles. The minimum atomic E-state index is -1.12. The van der Waals surface area contributed by atoms with Crippen molar-refractivity contribution in [3.05, 3.63) is 40.9 Å². The zero-order valence-corrected chi connectivity index (χ0v) is 13.4. The van der Waals surface area contributed by atoms with Gasteiger partial charge in [0.15, 0.2) is 6.04 Å². The number of hydrogen-bond donors (Lipinski definition) is 2. The molecular formula is C17H18ClNO4. The van der Waals surface area contributed by atoms with E-state index < -0.39 is 12.0 Å². The lowest BCUT2D eigenvalue weighted by Gasteiger charge is -2.21. The van der Waals surface area contributed by atoms with Crippen LogP contribution in [0.5, 0.6) is 5.75 Å². The minimum Gasteiger partial charge on any atom is -0.495 e. The molecule has 5 nitrogen and oxygen atoms in total. The SMILES string of the molecule is COc1ccc([C@H](NC(=O)[C@@H]2C[C@H]3C=C[C@H]2C3)C(=O)O)cc1Cl. The van der Waals surface area contributed by atoms with E-state index in [0.29, 0.717) is 22.3 Å². The molecule has 2 N–H and O–H groups in total. The van der Waals surface area contributed by atoms with Crippen molar-refractivity contribution in [1.82, 2.24) is 5.32 Å². The van der Waals surface area contributed by atoms with Crippen LogP contribution in [0, 0.1) is 17.8 Å². The molecule has 1 amide bonds. The first-order chi connectivity index (χ1) is 11.0. The average molecular weight is 336 g/mol. The fourth-order valence-electron chi connectivity index (χ4n) is 3.48. The van der Waals surface area contributed by atoms with Gasteiger partial charge in [0.2, 0.25) is 5.91 Å². The van der Waals surface area contributed by atoms with E-state index in [-0.39, 0.29) is 17.7 Å². The van der Waals surface area contributed by atoms with E-state index in [1.165, 1.54) is 13.2 Å². The number of ether oxygens (including phenoxy) is 1. The topological polar surface area (TPSA) is 75.6 Å². The molecule has 1 aromatic carbocycles. The van der Waals surface area contributed by atoms with E-state index in [2.05, 4.69) is 17.5 Å². The van der Waals surface area contributed by atoms with Crippen molar-refractivity contribution in [1.29, 1.82) is 0 Å². The molecule has 2 bridgehead atoms. The standard InChI is InChI=1S/C17H18ClNO4/c1-23-14-5-4-11(8-13(14)18)15(17(21)22)19-16(20)12-7-9-2-3-10(12)6-9/h2-5,8-10,12,15H,6-7H2,1H3,(H,19,20)(H,21,22)/t9-,10-,12+,15-/m0/s1. The van der Waals surface area contributed by atoms with Crippen LogP contribution in [0.3, 0.4) is 0 Å². The molecule has 1 fully saturated rings. The van der Waals surface area contributed by atoms with Crippen LogP contribution in [0.1, 0.15) is 24.4 Å². The van der Waals surface area contributed by atoms with Crippen molar-refractivity contribution < 1.29 is 19.4 Å². The van der Waals surface area contributed by atoms with Gasteiger partial charge < -0.3 is 15.2 Å². The molecule has 1 saturated carbocycles. The Morgan fingerprint density at radius 2 is 2.13 bits per heavy atom. The molecule has 0 radical (unpaired) electrons. The Hall–Kier alpha value is -2.01. The van der Waals surface area contributed by atoms with Crippen molar-refractivity contribution in [2.45, 2.75) is 18.9 Å². The number of nitrogens with one attached hydrogen (secondary N) is 1. The summed E-state index contributed by atoms with van der Waals surface area (Å²) in [5, 5.41) is 12.4. The first-order valence-electron chi connectivity index (χ1n) is 7.54. The third-order valence-electron chi connectivity index (χ3n) is 4.66. The molecule has 122 valence electrons. The number of halogens is 1. The summed E-state index contributed by atoms with van der Waals surface area (Å²) in [6.45, 7) is 0. The lowest BCUT2D eigenvalue weighted by Crippen LogP contribution is -2.39. The monoisotopic (exact) mass is 335 g/mol. The maximum atomic E-state index is 12.5. The van der Waals surface area contributed by atoms with Crippen LogP contribution in [0.15, 0.2) is 30.4 Å². The molecule has 0 unspecified atom stereocenters. The third-order valence-corrected chi connectivity index (χ3v) is 4.95. The van der Waals surface area contributed by atoms with Crippen LogP contribution in [0.25, 0.3) is 0 Å². The summed E-state index contributed by atoms with van der Waals surface area (Å²) in [4.78, 5) is 24.0. The number of fused-ring (bicyclic) bond motifs is 2. The van der Waals surface area contributed by atoms with Crippen LogP contribution in [-0.2, 0) is 9.59 Å². The molecule has 0 saturated heterocycles. The number of aliphatic carboxylic acids is 1. The van der Waals surface area contributed by atoms with Crippen LogP contribution in [0.2, 0.25) is 5.02 Å². The van der Waals surface area contributed by atoms with Crippen molar-refractivity contribution in [2.24, 2.45) is 17.8 Å².